The Morgan fingerprint density at radius 1 is 1.04 bits per heavy atom. The average molecular weight is 419 g/mol. The number of amides is 3. The number of rotatable bonds is 0. The van der Waals surface area contributed by atoms with Gasteiger partial charge in [0.2, 0.25) is 0 Å². The Morgan fingerprint density at radius 3 is 2.00 bits per heavy atom. The number of carbonyl (C=O) groups is 3. The van der Waals surface area contributed by atoms with Crippen molar-refractivity contribution >= 4 is 52.5 Å². The largest absolute Gasteiger partial charge is 0.443 e. The van der Waals surface area contributed by atoms with Gasteiger partial charge in [-0.15, -0.1) is 0 Å². The summed E-state index contributed by atoms with van der Waals surface area (Å²) in [5.41, 5.74) is -1.10. The molecular formula is C15H9N5O4S3. The number of nitriles is 2. The zero-order chi connectivity index (χ0) is 19.9. The third kappa shape index (κ3) is 3.64. The molecule has 2 aliphatic heterocycles. The van der Waals surface area contributed by atoms with Crippen molar-refractivity contribution in [2.75, 3.05) is 0 Å². The SMILES string of the molecule is CC(C)(C)OC(=O)N1C(=O)SC(=C2Sc3nc(C#N)c(C#N)nc3S2)C1=O. The monoisotopic (exact) mass is 419 g/mol. The van der Waals surface area contributed by atoms with E-state index in [0.29, 0.717) is 31.0 Å². The summed E-state index contributed by atoms with van der Waals surface area (Å²) in [5, 5.41) is 18.0. The number of thioether (sulfide) groups is 3. The first-order valence-corrected chi connectivity index (χ1v) is 9.71. The molecule has 0 unspecified atom stereocenters. The number of ether oxygens (including phenoxy) is 1. The van der Waals surface area contributed by atoms with Gasteiger partial charge in [-0.2, -0.15) is 15.4 Å². The zero-order valence-corrected chi connectivity index (χ0v) is 16.5. The molecule has 0 bridgehead atoms. The summed E-state index contributed by atoms with van der Waals surface area (Å²) >= 11 is 2.71. The molecular weight excluding hydrogens is 410 g/mol. The van der Waals surface area contributed by atoms with Crippen LogP contribution < -0.4 is 0 Å². The molecule has 0 spiro atoms. The zero-order valence-electron chi connectivity index (χ0n) is 14.1. The summed E-state index contributed by atoms with van der Waals surface area (Å²) in [7, 11) is 0. The molecule has 27 heavy (non-hydrogen) atoms. The minimum atomic E-state index is -1.04. The molecule has 3 heterocycles. The fourth-order valence-corrected chi connectivity index (χ4v) is 5.26. The summed E-state index contributed by atoms with van der Waals surface area (Å²) in [6.07, 6.45) is -1.04. The van der Waals surface area contributed by atoms with Crippen molar-refractivity contribution in [2.24, 2.45) is 0 Å². The van der Waals surface area contributed by atoms with Gasteiger partial charge in [-0.25, -0.2) is 14.8 Å². The normalized spacial score (nSPS) is 16.3. The predicted octanol–water partition coefficient (Wildman–Crippen LogP) is 3.22. The van der Waals surface area contributed by atoms with E-state index in [9.17, 15) is 14.4 Å². The molecule has 9 nitrogen and oxygen atoms in total. The van der Waals surface area contributed by atoms with Crippen LogP contribution in [0, 0.1) is 22.7 Å². The number of hydrogen-bond donors (Lipinski definition) is 0. The van der Waals surface area contributed by atoms with E-state index in [1.54, 1.807) is 32.9 Å². The number of aromatic nitrogens is 2. The van der Waals surface area contributed by atoms with Crippen LogP contribution in [0.25, 0.3) is 0 Å². The number of fused-ring (bicyclic) bond motifs is 1. The lowest BCUT2D eigenvalue weighted by atomic mass is 10.2. The minimum Gasteiger partial charge on any atom is -0.443 e. The Bertz CT molecular complexity index is 971. The van der Waals surface area contributed by atoms with Crippen LogP contribution in [-0.2, 0) is 9.53 Å². The van der Waals surface area contributed by atoms with Crippen molar-refractivity contribution in [2.45, 2.75) is 36.4 Å². The van der Waals surface area contributed by atoms with Gasteiger partial charge in [0.1, 0.15) is 32.7 Å². The van der Waals surface area contributed by atoms with Crippen molar-refractivity contribution in [3.8, 4) is 12.1 Å². The van der Waals surface area contributed by atoms with Crippen LogP contribution in [0.15, 0.2) is 19.2 Å². The maximum Gasteiger partial charge on any atom is 0.425 e. The molecule has 1 saturated heterocycles. The predicted molar refractivity (Wildman–Crippen MR) is 96.3 cm³/mol. The standard InChI is InChI=1S/C15H9N5O4S3/c1-15(2,3)24-13(22)20-11(21)8(25-14(20)23)12-26-9-10(27-12)19-7(5-17)6(4-16)18-9/h1-3H3. The van der Waals surface area contributed by atoms with Gasteiger partial charge in [0, 0.05) is 0 Å². The lowest BCUT2D eigenvalue weighted by Crippen LogP contribution is -2.39. The Balaban J connectivity index is 1.91. The van der Waals surface area contributed by atoms with Gasteiger partial charge in [-0.05, 0) is 32.5 Å². The Labute approximate surface area is 166 Å². The first kappa shape index (κ1) is 19.2. The number of carbonyl (C=O) groups excluding carboxylic acids is 3. The van der Waals surface area contributed by atoms with Crippen LogP contribution in [-0.4, -0.2) is 37.7 Å². The maximum atomic E-state index is 12.6. The topological polar surface area (TPSA) is 137 Å². The summed E-state index contributed by atoms with van der Waals surface area (Å²) in [4.78, 5) is 45.5. The quantitative estimate of drug-likeness (QED) is 0.573. The summed E-state index contributed by atoms with van der Waals surface area (Å²) in [6.45, 7) is 4.87. The molecule has 0 saturated carbocycles. The molecule has 12 heteroatoms. The van der Waals surface area contributed by atoms with E-state index < -0.39 is 22.8 Å². The molecule has 1 fully saturated rings. The molecule has 1 aromatic rings. The van der Waals surface area contributed by atoms with Crippen molar-refractivity contribution in [1.29, 1.82) is 10.5 Å². The first-order valence-electron chi connectivity index (χ1n) is 7.26. The summed E-state index contributed by atoms with van der Waals surface area (Å²) in [6, 6.07) is 3.58. The van der Waals surface area contributed by atoms with E-state index in [1.165, 1.54) is 0 Å². The second-order valence-electron chi connectivity index (χ2n) is 6.06. The van der Waals surface area contributed by atoms with Crippen LogP contribution >= 0.6 is 35.3 Å². The van der Waals surface area contributed by atoms with Gasteiger partial charge < -0.3 is 4.74 Å². The van der Waals surface area contributed by atoms with Crippen LogP contribution in [0.4, 0.5) is 9.59 Å². The van der Waals surface area contributed by atoms with Crippen LogP contribution in [0.3, 0.4) is 0 Å². The fourth-order valence-electron chi connectivity index (χ4n) is 1.94. The first-order chi connectivity index (χ1) is 12.6. The maximum absolute atomic E-state index is 12.6. The van der Waals surface area contributed by atoms with Gasteiger partial charge in [-0.1, -0.05) is 23.5 Å². The third-order valence-corrected chi connectivity index (χ3v) is 6.52. The van der Waals surface area contributed by atoms with Crippen molar-refractivity contribution in [1.82, 2.24) is 14.9 Å². The second-order valence-corrected chi connectivity index (χ2v) is 9.28. The van der Waals surface area contributed by atoms with Gasteiger partial charge in [0.05, 0.1) is 4.24 Å². The van der Waals surface area contributed by atoms with Crippen LogP contribution in [0.1, 0.15) is 32.2 Å². The lowest BCUT2D eigenvalue weighted by molar-refractivity contribution is -0.122. The molecule has 0 radical (unpaired) electrons. The molecule has 136 valence electrons. The van der Waals surface area contributed by atoms with Gasteiger partial charge in [-0.3, -0.25) is 9.59 Å². The molecule has 0 aromatic carbocycles. The van der Waals surface area contributed by atoms with E-state index in [2.05, 4.69) is 9.97 Å². The second kappa shape index (κ2) is 6.88. The molecule has 3 amide bonds. The molecule has 0 N–H and O–H groups in total. The van der Waals surface area contributed by atoms with Crippen molar-refractivity contribution < 1.29 is 19.1 Å². The Morgan fingerprint density at radius 2 is 1.56 bits per heavy atom. The van der Waals surface area contributed by atoms with E-state index in [-0.39, 0.29) is 16.3 Å². The minimum absolute atomic E-state index is 0.0534. The van der Waals surface area contributed by atoms with Gasteiger partial charge in [0.25, 0.3) is 5.91 Å². The Hall–Kier alpha value is -2.54. The summed E-state index contributed by atoms with van der Waals surface area (Å²) < 4.78 is 5.50. The van der Waals surface area contributed by atoms with E-state index >= 15 is 0 Å². The lowest BCUT2D eigenvalue weighted by Gasteiger charge is -2.21. The molecule has 0 atom stereocenters. The van der Waals surface area contributed by atoms with Crippen LogP contribution in [0.2, 0.25) is 0 Å². The van der Waals surface area contributed by atoms with Crippen LogP contribution in [0.5, 0.6) is 0 Å². The highest BCUT2D eigenvalue weighted by Crippen LogP contribution is 2.53. The molecule has 1 aromatic heterocycles. The Kier molecular flexibility index (Phi) is 4.90. The van der Waals surface area contributed by atoms with Gasteiger partial charge in [0.15, 0.2) is 11.4 Å². The fraction of sp³-hybridized carbons (Fsp3) is 0.267. The third-order valence-electron chi connectivity index (χ3n) is 2.96. The summed E-state index contributed by atoms with van der Waals surface area (Å²) in [5.74, 6) is -0.789. The molecule has 0 aliphatic carbocycles. The highest BCUT2D eigenvalue weighted by atomic mass is 32.2. The highest BCUT2D eigenvalue weighted by molar-refractivity contribution is 8.27. The van der Waals surface area contributed by atoms with E-state index in [1.807, 2.05) is 0 Å². The van der Waals surface area contributed by atoms with Gasteiger partial charge >= 0.3 is 11.3 Å². The number of hydrogen-bond acceptors (Lipinski definition) is 11. The van der Waals surface area contributed by atoms with Crippen molar-refractivity contribution in [3.05, 3.63) is 20.5 Å². The average Bonchev–Trinajstić information content (AvgIpc) is 3.11. The number of imide groups is 3. The van der Waals surface area contributed by atoms with Crippen molar-refractivity contribution in [3.63, 3.8) is 0 Å². The highest BCUT2D eigenvalue weighted by Gasteiger charge is 2.45. The number of nitrogens with zero attached hydrogens (tertiary/aromatic N) is 5. The van der Waals surface area contributed by atoms with E-state index in [0.717, 1.165) is 23.5 Å². The van der Waals surface area contributed by atoms with E-state index in [4.69, 9.17) is 15.3 Å². The smallest absolute Gasteiger partial charge is 0.425 e. The molecule has 2 aliphatic rings. The molecule has 3 rings (SSSR count).